The van der Waals surface area contributed by atoms with E-state index in [9.17, 15) is 0 Å². The first-order valence-electron chi connectivity index (χ1n) is 6.73. The van der Waals surface area contributed by atoms with Crippen LogP contribution in [0.4, 0.5) is 0 Å². The third-order valence-corrected chi connectivity index (χ3v) is 3.75. The second-order valence-corrected chi connectivity index (χ2v) is 5.12. The summed E-state index contributed by atoms with van der Waals surface area (Å²) in [5.74, 6) is 1.60. The van der Waals surface area contributed by atoms with Gasteiger partial charge in [0.25, 0.3) is 0 Å². The topological polar surface area (TPSA) is 18.5 Å². The number of hydrogen-bond donors (Lipinski definition) is 0. The third kappa shape index (κ3) is 3.76. The van der Waals surface area contributed by atoms with E-state index in [1.54, 1.807) is 0 Å². The van der Waals surface area contributed by atoms with E-state index >= 15 is 0 Å². The summed E-state index contributed by atoms with van der Waals surface area (Å²) in [6.07, 6.45) is 0. The van der Waals surface area contributed by atoms with Crippen LogP contribution in [-0.2, 0) is 11.9 Å². The van der Waals surface area contributed by atoms with Crippen LogP contribution in [0.15, 0.2) is 42.5 Å². The molecule has 2 rings (SSSR count). The maximum absolute atomic E-state index is 5.92. The molecule has 0 bridgehead atoms. The molecule has 2 aromatic rings. The van der Waals surface area contributed by atoms with Crippen molar-refractivity contribution in [3.63, 3.8) is 0 Å². The number of halogens is 1. The zero-order valence-corrected chi connectivity index (χ0v) is 13.4. The Labute approximate surface area is 128 Å². The minimum absolute atomic E-state index is 0.556. The number of rotatable bonds is 6. The molecule has 0 saturated carbocycles. The van der Waals surface area contributed by atoms with Crippen molar-refractivity contribution in [1.29, 1.82) is 0 Å². The SMILES string of the molecule is CCOc1cc(CBr)ccc1OCc1ccccc1C. The third-order valence-electron chi connectivity index (χ3n) is 3.11. The largest absolute Gasteiger partial charge is 0.490 e. The van der Waals surface area contributed by atoms with Crippen LogP contribution in [-0.4, -0.2) is 6.61 Å². The summed E-state index contributed by atoms with van der Waals surface area (Å²) >= 11 is 3.46. The summed E-state index contributed by atoms with van der Waals surface area (Å²) in [7, 11) is 0. The Bertz CT molecular complexity index is 567. The number of aryl methyl sites for hydroxylation is 1. The Morgan fingerprint density at radius 2 is 1.80 bits per heavy atom. The van der Waals surface area contributed by atoms with Gasteiger partial charge in [0.1, 0.15) is 6.61 Å². The molecule has 0 radical (unpaired) electrons. The first-order valence-corrected chi connectivity index (χ1v) is 7.85. The predicted molar refractivity (Wildman–Crippen MR) is 85.8 cm³/mol. The van der Waals surface area contributed by atoms with Gasteiger partial charge in [-0.3, -0.25) is 0 Å². The van der Waals surface area contributed by atoms with Gasteiger partial charge in [-0.15, -0.1) is 0 Å². The number of hydrogen-bond acceptors (Lipinski definition) is 2. The van der Waals surface area contributed by atoms with E-state index in [0.717, 1.165) is 16.8 Å². The molecule has 0 N–H and O–H groups in total. The molecule has 0 spiro atoms. The van der Waals surface area contributed by atoms with Gasteiger partial charge in [-0.05, 0) is 42.7 Å². The minimum Gasteiger partial charge on any atom is -0.490 e. The maximum Gasteiger partial charge on any atom is 0.161 e. The molecule has 0 aromatic heterocycles. The Hall–Kier alpha value is -1.48. The molecule has 2 nitrogen and oxygen atoms in total. The van der Waals surface area contributed by atoms with Gasteiger partial charge < -0.3 is 9.47 Å². The Balaban J connectivity index is 2.14. The smallest absolute Gasteiger partial charge is 0.161 e. The standard InChI is InChI=1S/C17H19BrO2/c1-3-19-17-10-14(11-18)8-9-16(17)20-12-15-7-5-4-6-13(15)2/h4-10H,3,11-12H2,1-2H3. The fourth-order valence-electron chi connectivity index (χ4n) is 1.95. The lowest BCUT2D eigenvalue weighted by Gasteiger charge is -2.14. The van der Waals surface area contributed by atoms with Crippen molar-refractivity contribution in [2.24, 2.45) is 0 Å². The minimum atomic E-state index is 0.556. The molecule has 0 aliphatic heterocycles. The summed E-state index contributed by atoms with van der Waals surface area (Å²) < 4.78 is 11.6. The molecule has 0 atom stereocenters. The number of benzene rings is 2. The van der Waals surface area contributed by atoms with E-state index in [1.165, 1.54) is 16.7 Å². The fraction of sp³-hybridized carbons (Fsp3) is 0.294. The number of alkyl halides is 1. The Kier molecular flexibility index (Phi) is 5.48. The van der Waals surface area contributed by atoms with Gasteiger partial charge in [-0.25, -0.2) is 0 Å². The molecule has 2 aromatic carbocycles. The highest BCUT2D eigenvalue weighted by Crippen LogP contribution is 2.30. The van der Waals surface area contributed by atoms with Crippen molar-refractivity contribution in [2.75, 3.05) is 6.61 Å². The van der Waals surface area contributed by atoms with Crippen LogP contribution in [0.1, 0.15) is 23.6 Å². The zero-order chi connectivity index (χ0) is 14.4. The zero-order valence-electron chi connectivity index (χ0n) is 11.9. The average Bonchev–Trinajstić information content (AvgIpc) is 2.47. The maximum atomic E-state index is 5.92. The first kappa shape index (κ1) is 14.9. The van der Waals surface area contributed by atoms with E-state index in [0.29, 0.717) is 13.2 Å². The van der Waals surface area contributed by atoms with Crippen molar-refractivity contribution < 1.29 is 9.47 Å². The molecule has 0 fully saturated rings. The highest BCUT2D eigenvalue weighted by Gasteiger charge is 2.07. The van der Waals surface area contributed by atoms with Gasteiger partial charge in [-0.1, -0.05) is 46.3 Å². The molecule has 0 saturated heterocycles. The van der Waals surface area contributed by atoms with Gasteiger partial charge in [0, 0.05) is 5.33 Å². The second kappa shape index (κ2) is 7.34. The second-order valence-electron chi connectivity index (χ2n) is 4.56. The Morgan fingerprint density at radius 1 is 1.00 bits per heavy atom. The van der Waals surface area contributed by atoms with Crippen LogP contribution in [0.3, 0.4) is 0 Å². The van der Waals surface area contributed by atoms with Gasteiger partial charge in [0.05, 0.1) is 6.61 Å². The monoisotopic (exact) mass is 334 g/mol. The highest BCUT2D eigenvalue weighted by atomic mass is 79.9. The molecule has 0 aliphatic rings. The van der Waals surface area contributed by atoms with Crippen molar-refractivity contribution in [3.05, 3.63) is 59.2 Å². The fourth-order valence-corrected chi connectivity index (χ4v) is 2.30. The molecule has 20 heavy (non-hydrogen) atoms. The van der Waals surface area contributed by atoms with Gasteiger partial charge in [0.2, 0.25) is 0 Å². The van der Waals surface area contributed by atoms with E-state index < -0.39 is 0 Å². The molecule has 0 amide bonds. The average molecular weight is 335 g/mol. The molecule has 0 heterocycles. The summed E-state index contributed by atoms with van der Waals surface area (Å²) in [4.78, 5) is 0. The lowest BCUT2D eigenvalue weighted by Crippen LogP contribution is -2.01. The lowest BCUT2D eigenvalue weighted by molar-refractivity contribution is 0.268. The normalized spacial score (nSPS) is 10.3. The van der Waals surface area contributed by atoms with Crippen molar-refractivity contribution in [2.45, 2.75) is 25.8 Å². The quantitative estimate of drug-likeness (QED) is 0.702. The van der Waals surface area contributed by atoms with Crippen LogP contribution in [0.5, 0.6) is 11.5 Å². The first-order chi connectivity index (χ1) is 9.74. The van der Waals surface area contributed by atoms with Crippen LogP contribution >= 0.6 is 15.9 Å². The van der Waals surface area contributed by atoms with Gasteiger partial charge in [0.15, 0.2) is 11.5 Å². The van der Waals surface area contributed by atoms with Crippen LogP contribution in [0, 0.1) is 6.92 Å². The molecular weight excluding hydrogens is 316 g/mol. The van der Waals surface area contributed by atoms with Crippen LogP contribution in [0.25, 0.3) is 0 Å². The van der Waals surface area contributed by atoms with Crippen molar-refractivity contribution in [3.8, 4) is 11.5 Å². The summed E-state index contributed by atoms with van der Waals surface area (Å²) in [5.41, 5.74) is 3.61. The predicted octanol–water partition coefficient (Wildman–Crippen LogP) is 4.87. The lowest BCUT2D eigenvalue weighted by atomic mass is 10.1. The molecule has 0 unspecified atom stereocenters. The van der Waals surface area contributed by atoms with Crippen LogP contribution < -0.4 is 9.47 Å². The van der Waals surface area contributed by atoms with E-state index in [-0.39, 0.29) is 0 Å². The summed E-state index contributed by atoms with van der Waals surface area (Å²) in [5, 5.41) is 0.811. The molecule has 0 aliphatic carbocycles. The highest BCUT2D eigenvalue weighted by molar-refractivity contribution is 9.08. The molecule has 3 heteroatoms. The van der Waals surface area contributed by atoms with E-state index in [1.807, 2.05) is 37.3 Å². The van der Waals surface area contributed by atoms with Crippen molar-refractivity contribution in [1.82, 2.24) is 0 Å². The molecular formula is C17H19BrO2. The van der Waals surface area contributed by atoms with E-state index in [4.69, 9.17) is 9.47 Å². The summed E-state index contributed by atoms with van der Waals surface area (Å²) in [6, 6.07) is 14.3. The molecule has 106 valence electrons. The van der Waals surface area contributed by atoms with Crippen molar-refractivity contribution >= 4 is 15.9 Å². The number of ether oxygens (including phenoxy) is 2. The van der Waals surface area contributed by atoms with E-state index in [2.05, 4.69) is 35.0 Å². The van der Waals surface area contributed by atoms with Crippen LogP contribution in [0.2, 0.25) is 0 Å². The van der Waals surface area contributed by atoms with Gasteiger partial charge in [-0.2, -0.15) is 0 Å². The summed E-state index contributed by atoms with van der Waals surface area (Å²) in [6.45, 7) is 5.26. The Morgan fingerprint density at radius 3 is 2.50 bits per heavy atom. The van der Waals surface area contributed by atoms with Gasteiger partial charge >= 0.3 is 0 Å².